The predicted octanol–water partition coefficient (Wildman–Crippen LogP) is 5.43. The minimum Gasteiger partial charge on any atom is -0.444 e. The Balaban J connectivity index is 1.59. The first-order valence-electron chi connectivity index (χ1n) is 11.8. The van der Waals surface area contributed by atoms with E-state index in [-0.39, 0.29) is 18.9 Å². The van der Waals surface area contributed by atoms with Gasteiger partial charge in [0, 0.05) is 12.2 Å². The van der Waals surface area contributed by atoms with Crippen LogP contribution in [0.3, 0.4) is 0 Å². The summed E-state index contributed by atoms with van der Waals surface area (Å²) in [6.07, 6.45) is -0.625. The molecule has 0 bridgehead atoms. The first kappa shape index (κ1) is 27.2. The molecule has 3 aromatic rings. The van der Waals surface area contributed by atoms with Gasteiger partial charge in [0.25, 0.3) is 0 Å². The molecule has 2 amide bonds. The van der Waals surface area contributed by atoms with Crippen molar-refractivity contribution in [2.75, 3.05) is 18.4 Å². The van der Waals surface area contributed by atoms with Gasteiger partial charge in [0.1, 0.15) is 10.8 Å². The highest BCUT2D eigenvalue weighted by molar-refractivity contribution is 6.29. The van der Waals surface area contributed by atoms with Gasteiger partial charge in [0.05, 0.1) is 24.8 Å². The Hall–Kier alpha value is -3.42. The van der Waals surface area contributed by atoms with Crippen molar-refractivity contribution in [3.8, 4) is 0 Å². The van der Waals surface area contributed by atoms with Crippen molar-refractivity contribution >= 4 is 29.3 Å². The number of carbonyl (C=O) groups excluding carboxylic acids is 2. The zero-order valence-electron chi connectivity index (χ0n) is 20.8. The number of hydrogen-bond donors (Lipinski definition) is 2. The minimum atomic E-state index is -0.828. The van der Waals surface area contributed by atoms with Crippen LogP contribution in [0.1, 0.15) is 43.7 Å². The van der Waals surface area contributed by atoms with Gasteiger partial charge in [-0.15, -0.1) is 0 Å². The summed E-state index contributed by atoms with van der Waals surface area (Å²) in [6, 6.07) is 21.8. The van der Waals surface area contributed by atoms with Crippen LogP contribution < -0.4 is 5.32 Å². The fourth-order valence-corrected chi connectivity index (χ4v) is 3.69. The van der Waals surface area contributed by atoms with Gasteiger partial charge < -0.3 is 20.1 Å². The van der Waals surface area contributed by atoms with E-state index >= 15 is 0 Å². The van der Waals surface area contributed by atoms with Crippen molar-refractivity contribution in [1.82, 2.24) is 9.88 Å². The smallest absolute Gasteiger partial charge is 0.410 e. The second-order valence-electron chi connectivity index (χ2n) is 9.48. The Morgan fingerprint density at radius 3 is 2.36 bits per heavy atom. The third-order valence-corrected chi connectivity index (χ3v) is 5.46. The number of aliphatic hydroxyl groups is 1. The maximum Gasteiger partial charge on any atom is 0.410 e. The maximum absolute atomic E-state index is 12.8. The number of hydrogen-bond acceptors (Lipinski definition) is 5. The number of amides is 2. The number of pyridine rings is 1. The number of benzene rings is 2. The number of nitrogens with zero attached hydrogens (tertiary/aromatic N) is 2. The van der Waals surface area contributed by atoms with Gasteiger partial charge in [-0.1, -0.05) is 60.1 Å². The van der Waals surface area contributed by atoms with Gasteiger partial charge in [-0.25, -0.2) is 9.78 Å². The van der Waals surface area contributed by atoms with Crippen molar-refractivity contribution in [3.63, 3.8) is 0 Å². The van der Waals surface area contributed by atoms with Crippen molar-refractivity contribution < 1.29 is 19.4 Å². The van der Waals surface area contributed by atoms with E-state index in [1.54, 1.807) is 18.2 Å². The second-order valence-corrected chi connectivity index (χ2v) is 9.86. The number of anilines is 1. The lowest BCUT2D eigenvalue weighted by Crippen LogP contribution is -2.40. The molecule has 0 saturated carbocycles. The van der Waals surface area contributed by atoms with E-state index in [1.807, 2.05) is 75.4 Å². The fourth-order valence-electron chi connectivity index (χ4n) is 3.51. The fraction of sp³-hybridized carbons (Fsp3) is 0.321. The first-order chi connectivity index (χ1) is 17.1. The average molecular weight is 510 g/mol. The molecular weight excluding hydrogens is 478 g/mol. The van der Waals surface area contributed by atoms with Crippen LogP contribution in [0.2, 0.25) is 5.15 Å². The Morgan fingerprint density at radius 2 is 1.72 bits per heavy atom. The highest BCUT2D eigenvalue weighted by atomic mass is 35.5. The summed E-state index contributed by atoms with van der Waals surface area (Å²) >= 11 is 5.88. The maximum atomic E-state index is 12.8. The summed E-state index contributed by atoms with van der Waals surface area (Å²) in [6.45, 7) is 5.92. The standard InChI is InChI=1S/C28H32ClN3O4/c1-28(2,3)36-27(35)32(19-24(33)21-8-5-4-6-9-21)17-16-20-12-14-22(15-13-20)31-26(34)18-23-10-7-11-25(29)30-23/h4-15,24,33H,16-19H2,1-3H3,(H,31,34)/t24-/m0/s1. The van der Waals surface area contributed by atoms with Crippen LogP contribution >= 0.6 is 11.6 Å². The lowest BCUT2D eigenvalue weighted by atomic mass is 10.1. The second kappa shape index (κ2) is 12.5. The lowest BCUT2D eigenvalue weighted by Gasteiger charge is -2.29. The van der Waals surface area contributed by atoms with Gasteiger partial charge in [-0.3, -0.25) is 4.79 Å². The van der Waals surface area contributed by atoms with Crippen LogP contribution in [0.25, 0.3) is 0 Å². The monoisotopic (exact) mass is 509 g/mol. The van der Waals surface area contributed by atoms with E-state index in [9.17, 15) is 14.7 Å². The minimum absolute atomic E-state index is 0.116. The van der Waals surface area contributed by atoms with Crippen LogP contribution in [-0.2, 0) is 22.4 Å². The summed E-state index contributed by atoms with van der Waals surface area (Å²) < 4.78 is 5.56. The summed E-state index contributed by atoms with van der Waals surface area (Å²) in [5.41, 5.74) is 2.32. The van der Waals surface area contributed by atoms with Crippen molar-refractivity contribution in [3.05, 3.63) is 94.8 Å². The largest absolute Gasteiger partial charge is 0.444 e. The molecule has 0 unspecified atom stereocenters. The van der Waals surface area contributed by atoms with Crippen LogP contribution in [0.5, 0.6) is 0 Å². The zero-order valence-corrected chi connectivity index (χ0v) is 21.5. The number of halogens is 1. The molecule has 0 spiro atoms. The number of aromatic nitrogens is 1. The van der Waals surface area contributed by atoms with E-state index in [0.717, 1.165) is 11.1 Å². The molecule has 7 nitrogen and oxygen atoms in total. The summed E-state index contributed by atoms with van der Waals surface area (Å²) in [5.74, 6) is -0.191. The Labute approximate surface area is 217 Å². The molecule has 1 atom stereocenters. The molecular formula is C28H32ClN3O4. The van der Waals surface area contributed by atoms with E-state index in [0.29, 0.717) is 29.5 Å². The van der Waals surface area contributed by atoms with Crippen LogP contribution in [0.4, 0.5) is 10.5 Å². The Morgan fingerprint density at radius 1 is 1.03 bits per heavy atom. The molecule has 1 heterocycles. The summed E-state index contributed by atoms with van der Waals surface area (Å²) in [4.78, 5) is 30.8. The molecule has 2 aromatic carbocycles. The molecule has 0 aliphatic heterocycles. The normalized spacial score (nSPS) is 12.0. The van der Waals surface area contributed by atoms with Gasteiger partial charge in [-0.2, -0.15) is 0 Å². The topological polar surface area (TPSA) is 91.8 Å². The molecule has 8 heteroatoms. The van der Waals surface area contributed by atoms with Crippen molar-refractivity contribution in [2.45, 2.75) is 45.3 Å². The molecule has 0 saturated heterocycles. The van der Waals surface area contributed by atoms with Gasteiger partial charge in [0.2, 0.25) is 5.91 Å². The number of aliphatic hydroxyl groups excluding tert-OH is 1. The Bertz CT molecular complexity index is 1150. The highest BCUT2D eigenvalue weighted by Crippen LogP contribution is 2.18. The van der Waals surface area contributed by atoms with E-state index in [4.69, 9.17) is 16.3 Å². The number of carbonyl (C=O) groups is 2. The van der Waals surface area contributed by atoms with Crippen molar-refractivity contribution in [1.29, 1.82) is 0 Å². The third-order valence-electron chi connectivity index (χ3n) is 5.25. The average Bonchev–Trinajstić information content (AvgIpc) is 2.82. The summed E-state index contributed by atoms with van der Waals surface area (Å²) in [7, 11) is 0. The molecule has 36 heavy (non-hydrogen) atoms. The molecule has 2 N–H and O–H groups in total. The molecule has 0 aliphatic rings. The lowest BCUT2D eigenvalue weighted by molar-refractivity contribution is -0.115. The van der Waals surface area contributed by atoms with Crippen LogP contribution in [0, 0.1) is 0 Å². The van der Waals surface area contributed by atoms with Crippen LogP contribution in [-0.4, -0.2) is 45.7 Å². The molecule has 0 radical (unpaired) electrons. The molecule has 0 aliphatic carbocycles. The number of nitrogens with one attached hydrogen (secondary N) is 1. The van der Waals surface area contributed by atoms with Gasteiger partial charge >= 0.3 is 6.09 Å². The molecule has 190 valence electrons. The zero-order chi connectivity index (χ0) is 26.1. The van der Waals surface area contributed by atoms with Crippen LogP contribution in [0.15, 0.2) is 72.8 Å². The van der Waals surface area contributed by atoms with Gasteiger partial charge in [-0.05, 0) is 62.6 Å². The summed E-state index contributed by atoms with van der Waals surface area (Å²) in [5, 5.41) is 13.9. The van der Waals surface area contributed by atoms with Crippen molar-refractivity contribution in [2.24, 2.45) is 0 Å². The first-order valence-corrected chi connectivity index (χ1v) is 12.2. The molecule has 0 fully saturated rings. The highest BCUT2D eigenvalue weighted by Gasteiger charge is 2.24. The predicted molar refractivity (Wildman–Crippen MR) is 141 cm³/mol. The van der Waals surface area contributed by atoms with E-state index in [2.05, 4.69) is 10.3 Å². The number of ether oxygens (including phenoxy) is 1. The van der Waals surface area contributed by atoms with E-state index < -0.39 is 17.8 Å². The van der Waals surface area contributed by atoms with Gasteiger partial charge in [0.15, 0.2) is 0 Å². The molecule has 1 aromatic heterocycles. The van der Waals surface area contributed by atoms with E-state index in [1.165, 1.54) is 4.90 Å². The number of rotatable bonds is 9. The quantitative estimate of drug-likeness (QED) is 0.375. The molecule has 3 rings (SSSR count). The Kier molecular flexibility index (Phi) is 9.44. The third kappa shape index (κ3) is 8.98. The SMILES string of the molecule is CC(C)(C)OC(=O)N(CCc1ccc(NC(=O)Cc2cccc(Cl)n2)cc1)C[C@H](O)c1ccccc1.